The average molecular weight is 282 g/mol. The van der Waals surface area contributed by atoms with Crippen molar-refractivity contribution >= 4 is 12.4 Å². The molecule has 2 N–H and O–H groups in total. The molecular formula is C15H24ClN3. The molecule has 3 nitrogen and oxygen atoms in total. The first kappa shape index (κ1) is 13.5. The molecule has 1 aromatic rings. The fourth-order valence-electron chi connectivity index (χ4n) is 4.38. The standard InChI is InChI=1S/C15H23N3.ClH/c1-2-5-13-12(4-1)17-15(7-9-16-10-8-15)14-6-3-11-18(13)14;/h3,6,11-13,16-17H,1-2,4-5,7-10H2;1H/t12-,13-;/m0./s1. The summed E-state index contributed by atoms with van der Waals surface area (Å²) in [4.78, 5) is 0. The smallest absolute Gasteiger partial charge is 0.0615 e. The highest BCUT2D eigenvalue weighted by Crippen LogP contribution is 2.42. The molecule has 4 heteroatoms. The van der Waals surface area contributed by atoms with Gasteiger partial charge in [0.05, 0.1) is 5.54 Å². The second-order valence-corrected chi connectivity index (χ2v) is 6.24. The lowest BCUT2D eigenvalue weighted by atomic mass is 9.78. The van der Waals surface area contributed by atoms with Gasteiger partial charge in [-0.2, -0.15) is 0 Å². The van der Waals surface area contributed by atoms with Crippen molar-refractivity contribution < 1.29 is 0 Å². The lowest BCUT2D eigenvalue weighted by Gasteiger charge is -2.50. The maximum atomic E-state index is 4.05. The number of piperidine rings is 1. The molecule has 2 fully saturated rings. The van der Waals surface area contributed by atoms with Crippen LogP contribution in [0.3, 0.4) is 0 Å². The summed E-state index contributed by atoms with van der Waals surface area (Å²) in [6.07, 6.45) is 10.3. The Morgan fingerprint density at radius 3 is 2.79 bits per heavy atom. The van der Waals surface area contributed by atoms with E-state index in [2.05, 4.69) is 33.5 Å². The quantitative estimate of drug-likeness (QED) is 0.765. The molecule has 1 aromatic heterocycles. The monoisotopic (exact) mass is 281 g/mol. The van der Waals surface area contributed by atoms with Gasteiger partial charge in [-0.05, 0) is 50.9 Å². The number of fused-ring (bicyclic) bond motifs is 4. The molecule has 0 unspecified atom stereocenters. The van der Waals surface area contributed by atoms with E-state index in [9.17, 15) is 0 Å². The molecule has 3 heterocycles. The van der Waals surface area contributed by atoms with Crippen molar-refractivity contribution in [1.82, 2.24) is 15.2 Å². The first-order valence-electron chi connectivity index (χ1n) is 7.55. The fourth-order valence-corrected chi connectivity index (χ4v) is 4.38. The van der Waals surface area contributed by atoms with Gasteiger partial charge < -0.3 is 15.2 Å². The molecule has 4 rings (SSSR count). The Bertz CT molecular complexity index is 436. The van der Waals surface area contributed by atoms with Crippen molar-refractivity contribution in [3.8, 4) is 0 Å². The summed E-state index contributed by atoms with van der Waals surface area (Å²) >= 11 is 0. The molecule has 19 heavy (non-hydrogen) atoms. The zero-order valence-electron chi connectivity index (χ0n) is 11.4. The molecule has 3 aliphatic rings. The Kier molecular flexibility index (Phi) is 3.63. The predicted molar refractivity (Wildman–Crippen MR) is 79.9 cm³/mol. The number of nitrogens with zero attached hydrogens (tertiary/aromatic N) is 1. The van der Waals surface area contributed by atoms with Crippen molar-refractivity contribution in [2.75, 3.05) is 13.1 Å². The van der Waals surface area contributed by atoms with Crippen molar-refractivity contribution in [1.29, 1.82) is 0 Å². The Hall–Kier alpha value is -0.510. The van der Waals surface area contributed by atoms with E-state index < -0.39 is 0 Å². The first-order valence-corrected chi connectivity index (χ1v) is 7.55. The third-order valence-electron chi connectivity index (χ3n) is 5.27. The SMILES string of the molecule is Cl.c1cc2n(c1)[C@H]1CCCC[C@@H]1NC21CCNCC1. The van der Waals surface area contributed by atoms with Crippen LogP contribution < -0.4 is 10.6 Å². The molecule has 0 radical (unpaired) electrons. The van der Waals surface area contributed by atoms with E-state index in [1.165, 1.54) is 38.5 Å². The van der Waals surface area contributed by atoms with E-state index in [1.807, 2.05) is 0 Å². The number of halogens is 1. The van der Waals surface area contributed by atoms with Crippen LogP contribution in [0.1, 0.15) is 50.3 Å². The maximum absolute atomic E-state index is 4.05. The summed E-state index contributed by atoms with van der Waals surface area (Å²) in [5.74, 6) is 0. The summed E-state index contributed by atoms with van der Waals surface area (Å²) in [5.41, 5.74) is 1.81. The summed E-state index contributed by atoms with van der Waals surface area (Å²) in [5, 5.41) is 7.55. The van der Waals surface area contributed by atoms with E-state index in [1.54, 1.807) is 5.69 Å². The van der Waals surface area contributed by atoms with Crippen LogP contribution in [-0.4, -0.2) is 23.7 Å². The minimum absolute atomic E-state index is 0. The zero-order valence-corrected chi connectivity index (χ0v) is 12.2. The van der Waals surface area contributed by atoms with Crippen LogP contribution in [0.4, 0.5) is 0 Å². The number of hydrogen-bond acceptors (Lipinski definition) is 2. The summed E-state index contributed by atoms with van der Waals surface area (Å²) in [7, 11) is 0. The van der Waals surface area contributed by atoms with Gasteiger partial charge in [-0.1, -0.05) is 12.8 Å². The minimum Gasteiger partial charge on any atom is -0.345 e. The van der Waals surface area contributed by atoms with Crippen LogP contribution in [0.2, 0.25) is 0 Å². The minimum atomic E-state index is 0. The van der Waals surface area contributed by atoms with E-state index >= 15 is 0 Å². The van der Waals surface area contributed by atoms with Gasteiger partial charge in [0.2, 0.25) is 0 Å². The first-order chi connectivity index (χ1) is 8.89. The van der Waals surface area contributed by atoms with Crippen LogP contribution in [0.5, 0.6) is 0 Å². The second kappa shape index (κ2) is 5.12. The molecular weight excluding hydrogens is 258 g/mol. The van der Waals surface area contributed by atoms with Gasteiger partial charge in [0, 0.05) is 24.0 Å². The van der Waals surface area contributed by atoms with Crippen LogP contribution in [-0.2, 0) is 5.54 Å². The summed E-state index contributed by atoms with van der Waals surface area (Å²) in [6, 6.07) is 6.02. The van der Waals surface area contributed by atoms with Crippen molar-refractivity contribution in [2.45, 2.75) is 56.1 Å². The molecule has 106 valence electrons. The Morgan fingerprint density at radius 2 is 1.95 bits per heavy atom. The Labute approximate surface area is 121 Å². The number of hydrogen-bond donors (Lipinski definition) is 2. The lowest BCUT2D eigenvalue weighted by molar-refractivity contribution is 0.114. The van der Waals surface area contributed by atoms with E-state index in [0.29, 0.717) is 12.1 Å². The van der Waals surface area contributed by atoms with Gasteiger partial charge in [-0.25, -0.2) is 0 Å². The van der Waals surface area contributed by atoms with Crippen molar-refractivity contribution in [2.24, 2.45) is 0 Å². The normalized spacial score (nSPS) is 32.2. The van der Waals surface area contributed by atoms with Gasteiger partial charge >= 0.3 is 0 Å². The van der Waals surface area contributed by atoms with Gasteiger partial charge in [0.15, 0.2) is 0 Å². The molecule has 2 aliphatic heterocycles. The predicted octanol–water partition coefficient (Wildman–Crippen LogP) is 2.58. The third-order valence-corrected chi connectivity index (χ3v) is 5.27. The van der Waals surface area contributed by atoms with E-state index in [0.717, 1.165) is 13.1 Å². The highest BCUT2D eigenvalue weighted by atomic mass is 35.5. The molecule has 0 bridgehead atoms. The molecule has 1 saturated carbocycles. The van der Waals surface area contributed by atoms with Gasteiger partial charge in [-0.15, -0.1) is 12.4 Å². The van der Waals surface area contributed by atoms with Gasteiger partial charge in [0.1, 0.15) is 0 Å². The molecule has 1 saturated heterocycles. The zero-order chi connectivity index (χ0) is 12.0. The van der Waals surface area contributed by atoms with Crippen LogP contribution in [0.25, 0.3) is 0 Å². The number of rotatable bonds is 0. The average Bonchev–Trinajstić information content (AvgIpc) is 2.90. The number of nitrogens with one attached hydrogen (secondary N) is 2. The summed E-state index contributed by atoms with van der Waals surface area (Å²) in [6.45, 7) is 2.30. The van der Waals surface area contributed by atoms with Crippen molar-refractivity contribution in [3.63, 3.8) is 0 Å². The van der Waals surface area contributed by atoms with Gasteiger partial charge in [0.25, 0.3) is 0 Å². The third kappa shape index (κ3) is 2.03. The Balaban J connectivity index is 0.00000110. The highest BCUT2D eigenvalue weighted by Gasteiger charge is 2.44. The molecule has 0 amide bonds. The maximum Gasteiger partial charge on any atom is 0.0615 e. The Morgan fingerprint density at radius 1 is 1.16 bits per heavy atom. The van der Waals surface area contributed by atoms with Gasteiger partial charge in [-0.3, -0.25) is 0 Å². The van der Waals surface area contributed by atoms with E-state index in [4.69, 9.17) is 0 Å². The molecule has 0 aromatic carbocycles. The molecule has 1 aliphatic carbocycles. The number of aromatic nitrogens is 1. The van der Waals surface area contributed by atoms with Crippen LogP contribution in [0.15, 0.2) is 18.3 Å². The largest absolute Gasteiger partial charge is 0.345 e. The lowest BCUT2D eigenvalue weighted by Crippen LogP contribution is -2.60. The second-order valence-electron chi connectivity index (χ2n) is 6.24. The van der Waals surface area contributed by atoms with Crippen LogP contribution >= 0.6 is 12.4 Å². The van der Waals surface area contributed by atoms with E-state index in [-0.39, 0.29) is 17.9 Å². The van der Waals surface area contributed by atoms with Crippen molar-refractivity contribution in [3.05, 3.63) is 24.0 Å². The summed E-state index contributed by atoms with van der Waals surface area (Å²) < 4.78 is 2.60. The van der Waals surface area contributed by atoms with Crippen LogP contribution in [0, 0.1) is 0 Å². The highest BCUT2D eigenvalue weighted by molar-refractivity contribution is 5.85. The fraction of sp³-hybridized carbons (Fsp3) is 0.733. The molecule has 2 atom stereocenters. The topological polar surface area (TPSA) is 29.0 Å². The molecule has 1 spiro atoms.